The van der Waals surface area contributed by atoms with Gasteiger partial charge in [0.05, 0.1) is 6.17 Å². The summed E-state index contributed by atoms with van der Waals surface area (Å²) in [6.07, 6.45) is 6.39. The summed E-state index contributed by atoms with van der Waals surface area (Å²) in [5, 5.41) is 0. The van der Waals surface area contributed by atoms with Crippen LogP contribution in [0.4, 0.5) is 0 Å². The van der Waals surface area contributed by atoms with Crippen LogP contribution in [-0.2, 0) is 0 Å². The minimum atomic E-state index is -0.173. The Morgan fingerprint density at radius 2 is 1.21 bits per heavy atom. The van der Waals surface area contributed by atoms with E-state index in [2.05, 4.69) is 0 Å². The Hall–Kier alpha value is -0.160. The SMILES string of the molecule is NCCCC(CCCN)CCC(N)N. The zero-order valence-corrected chi connectivity index (χ0v) is 9.12. The molecule has 8 N–H and O–H groups in total. The fourth-order valence-electron chi connectivity index (χ4n) is 1.67. The molecule has 0 saturated carbocycles. The van der Waals surface area contributed by atoms with Crippen molar-refractivity contribution < 1.29 is 0 Å². The van der Waals surface area contributed by atoms with Crippen molar-refractivity contribution in [3.63, 3.8) is 0 Å². The molecule has 0 rings (SSSR count). The summed E-state index contributed by atoms with van der Waals surface area (Å²) in [5.41, 5.74) is 22.0. The average Bonchev–Trinajstić information content (AvgIpc) is 2.16. The number of rotatable bonds is 9. The lowest BCUT2D eigenvalue weighted by atomic mass is 9.92. The largest absolute Gasteiger partial charge is 0.330 e. The number of nitrogens with two attached hydrogens (primary N) is 4. The fraction of sp³-hybridized carbons (Fsp3) is 1.00. The highest BCUT2D eigenvalue weighted by Crippen LogP contribution is 2.18. The van der Waals surface area contributed by atoms with Gasteiger partial charge in [0.25, 0.3) is 0 Å². The monoisotopic (exact) mass is 202 g/mol. The second kappa shape index (κ2) is 9.40. The molecule has 0 fully saturated rings. The second-order valence-corrected chi connectivity index (χ2v) is 3.97. The van der Waals surface area contributed by atoms with E-state index in [1.807, 2.05) is 0 Å². The summed E-state index contributed by atoms with van der Waals surface area (Å²) in [7, 11) is 0. The van der Waals surface area contributed by atoms with Crippen molar-refractivity contribution in [3.8, 4) is 0 Å². The normalized spacial score (nSPS) is 11.6. The van der Waals surface area contributed by atoms with Crippen LogP contribution in [0.2, 0.25) is 0 Å². The first-order valence-electron chi connectivity index (χ1n) is 5.62. The van der Waals surface area contributed by atoms with Crippen molar-refractivity contribution in [2.24, 2.45) is 28.9 Å². The van der Waals surface area contributed by atoms with E-state index < -0.39 is 0 Å². The Morgan fingerprint density at radius 3 is 1.57 bits per heavy atom. The van der Waals surface area contributed by atoms with E-state index in [0.29, 0.717) is 5.92 Å². The van der Waals surface area contributed by atoms with E-state index in [4.69, 9.17) is 22.9 Å². The van der Waals surface area contributed by atoms with E-state index in [1.165, 1.54) is 12.8 Å². The van der Waals surface area contributed by atoms with Crippen LogP contribution in [0.5, 0.6) is 0 Å². The molecule has 0 aromatic rings. The summed E-state index contributed by atoms with van der Waals surface area (Å²) < 4.78 is 0. The van der Waals surface area contributed by atoms with Gasteiger partial charge in [-0.05, 0) is 57.5 Å². The molecule has 4 nitrogen and oxygen atoms in total. The van der Waals surface area contributed by atoms with E-state index in [0.717, 1.165) is 38.8 Å². The first-order valence-corrected chi connectivity index (χ1v) is 5.62. The minimum Gasteiger partial charge on any atom is -0.330 e. The van der Waals surface area contributed by atoms with Crippen LogP contribution in [0, 0.1) is 5.92 Å². The van der Waals surface area contributed by atoms with Crippen LogP contribution < -0.4 is 22.9 Å². The van der Waals surface area contributed by atoms with Gasteiger partial charge < -0.3 is 22.9 Å². The standard InChI is InChI=1S/C10H26N4/c11-7-1-3-9(4-2-8-12)5-6-10(13)14/h9-10H,1-8,11-14H2. The molecule has 0 radical (unpaired) electrons. The van der Waals surface area contributed by atoms with Crippen molar-refractivity contribution in [1.29, 1.82) is 0 Å². The first kappa shape index (κ1) is 13.8. The third-order valence-corrected chi connectivity index (χ3v) is 2.54. The van der Waals surface area contributed by atoms with Crippen molar-refractivity contribution >= 4 is 0 Å². The van der Waals surface area contributed by atoms with Gasteiger partial charge in [-0.1, -0.05) is 0 Å². The van der Waals surface area contributed by atoms with Gasteiger partial charge in [0.15, 0.2) is 0 Å². The van der Waals surface area contributed by atoms with E-state index in [9.17, 15) is 0 Å². The Morgan fingerprint density at radius 1 is 0.714 bits per heavy atom. The number of hydrogen-bond acceptors (Lipinski definition) is 4. The van der Waals surface area contributed by atoms with Crippen molar-refractivity contribution in [3.05, 3.63) is 0 Å². The maximum Gasteiger partial charge on any atom is 0.0520 e. The minimum absolute atomic E-state index is 0.173. The summed E-state index contributed by atoms with van der Waals surface area (Å²) in [5.74, 6) is 0.705. The molecule has 4 heteroatoms. The molecule has 14 heavy (non-hydrogen) atoms. The molecule has 0 aromatic heterocycles. The molecule has 0 aliphatic rings. The van der Waals surface area contributed by atoms with Crippen LogP contribution in [0.15, 0.2) is 0 Å². The highest BCUT2D eigenvalue weighted by atomic mass is 14.8. The fourth-order valence-corrected chi connectivity index (χ4v) is 1.67. The Labute approximate surface area is 87.4 Å². The maximum absolute atomic E-state index is 5.53. The Balaban J connectivity index is 3.60. The second-order valence-electron chi connectivity index (χ2n) is 3.97. The molecule has 0 heterocycles. The van der Waals surface area contributed by atoms with Gasteiger partial charge in [0, 0.05) is 0 Å². The Kier molecular flexibility index (Phi) is 9.29. The van der Waals surface area contributed by atoms with E-state index in [-0.39, 0.29) is 6.17 Å². The van der Waals surface area contributed by atoms with Gasteiger partial charge >= 0.3 is 0 Å². The van der Waals surface area contributed by atoms with Crippen LogP contribution in [0.3, 0.4) is 0 Å². The molecule has 0 amide bonds. The zero-order chi connectivity index (χ0) is 10.8. The van der Waals surface area contributed by atoms with Crippen molar-refractivity contribution in [2.75, 3.05) is 13.1 Å². The smallest absolute Gasteiger partial charge is 0.0520 e. The zero-order valence-electron chi connectivity index (χ0n) is 9.12. The summed E-state index contributed by atoms with van der Waals surface area (Å²) >= 11 is 0. The summed E-state index contributed by atoms with van der Waals surface area (Å²) in [6, 6.07) is 0. The lowest BCUT2D eigenvalue weighted by molar-refractivity contribution is 0.377. The molecule has 0 spiro atoms. The van der Waals surface area contributed by atoms with E-state index >= 15 is 0 Å². The van der Waals surface area contributed by atoms with Gasteiger partial charge in [-0.15, -0.1) is 0 Å². The van der Waals surface area contributed by atoms with E-state index in [1.54, 1.807) is 0 Å². The molecule has 0 aromatic carbocycles. The highest BCUT2D eigenvalue weighted by molar-refractivity contribution is 4.63. The first-order chi connectivity index (χ1) is 6.70. The quantitative estimate of drug-likeness (QED) is 0.398. The van der Waals surface area contributed by atoms with Crippen LogP contribution in [-0.4, -0.2) is 19.3 Å². The third-order valence-electron chi connectivity index (χ3n) is 2.54. The summed E-state index contributed by atoms with van der Waals surface area (Å²) in [4.78, 5) is 0. The maximum atomic E-state index is 5.53. The molecular weight excluding hydrogens is 176 g/mol. The molecule has 0 aliphatic heterocycles. The van der Waals surface area contributed by atoms with Gasteiger partial charge in [0.2, 0.25) is 0 Å². The van der Waals surface area contributed by atoms with Gasteiger partial charge in [-0.2, -0.15) is 0 Å². The molecule has 0 atom stereocenters. The number of hydrogen-bond donors (Lipinski definition) is 4. The molecule has 0 aliphatic carbocycles. The van der Waals surface area contributed by atoms with Crippen LogP contribution in [0.1, 0.15) is 38.5 Å². The van der Waals surface area contributed by atoms with Crippen LogP contribution >= 0.6 is 0 Å². The molecule has 86 valence electrons. The molecule has 0 bridgehead atoms. The van der Waals surface area contributed by atoms with Gasteiger partial charge in [-0.25, -0.2) is 0 Å². The highest BCUT2D eigenvalue weighted by Gasteiger charge is 2.08. The molecule has 0 saturated heterocycles. The lowest BCUT2D eigenvalue weighted by Gasteiger charge is -2.17. The topological polar surface area (TPSA) is 104 Å². The molecule has 0 unspecified atom stereocenters. The van der Waals surface area contributed by atoms with Crippen molar-refractivity contribution in [2.45, 2.75) is 44.7 Å². The van der Waals surface area contributed by atoms with Gasteiger partial charge in [-0.3, -0.25) is 0 Å². The van der Waals surface area contributed by atoms with Gasteiger partial charge in [0.1, 0.15) is 0 Å². The average molecular weight is 202 g/mol. The Bertz CT molecular complexity index is 109. The third kappa shape index (κ3) is 8.44. The molecular formula is C10H26N4. The predicted molar refractivity (Wildman–Crippen MR) is 61.5 cm³/mol. The summed E-state index contributed by atoms with van der Waals surface area (Å²) in [6.45, 7) is 1.54. The predicted octanol–water partition coefficient (Wildman–Crippen LogP) is 0.104. The van der Waals surface area contributed by atoms with Crippen LogP contribution in [0.25, 0.3) is 0 Å². The lowest BCUT2D eigenvalue weighted by Crippen LogP contribution is -2.30. The van der Waals surface area contributed by atoms with Crippen molar-refractivity contribution in [1.82, 2.24) is 0 Å².